The van der Waals surface area contributed by atoms with Gasteiger partial charge in [0.05, 0.1) is 11.0 Å². The van der Waals surface area contributed by atoms with Gasteiger partial charge in [-0.1, -0.05) is 133 Å². The topological polar surface area (TPSA) is 7.65 Å². The first-order chi connectivity index (χ1) is 23.8. The van der Waals surface area contributed by atoms with E-state index in [4.69, 9.17) is 0 Å². The number of rotatable bonds is 6. The Labute approximate surface area is 280 Å². The zero-order chi connectivity index (χ0) is 31.9. The van der Waals surface area contributed by atoms with Crippen LogP contribution in [0.15, 0.2) is 194 Å². The Morgan fingerprint density at radius 1 is 0.333 bits per heavy atom. The maximum absolute atomic E-state index is 2.38. The smallest absolute Gasteiger partial charge is 0.0547 e. The van der Waals surface area contributed by atoms with Crippen molar-refractivity contribution in [3.8, 4) is 33.4 Å². The third-order valence-electron chi connectivity index (χ3n) is 9.30. The molecule has 0 bridgehead atoms. The van der Waals surface area contributed by atoms with Crippen LogP contribution in [0.25, 0.3) is 60.6 Å². The van der Waals surface area contributed by atoms with Crippen LogP contribution in [0.4, 0.5) is 17.1 Å². The normalized spacial score (nSPS) is 11.3. The lowest BCUT2D eigenvalue weighted by atomic mass is 9.97. The summed E-state index contributed by atoms with van der Waals surface area (Å²) in [5.41, 5.74) is 13.0. The average Bonchev–Trinajstić information content (AvgIpc) is 3.48. The number of pyridine rings is 1. The van der Waals surface area contributed by atoms with E-state index in [1.807, 2.05) is 0 Å². The van der Waals surface area contributed by atoms with E-state index in [1.54, 1.807) is 0 Å². The van der Waals surface area contributed by atoms with Gasteiger partial charge in [0.1, 0.15) is 0 Å². The van der Waals surface area contributed by atoms with Gasteiger partial charge in [0.2, 0.25) is 0 Å². The second-order valence-electron chi connectivity index (χ2n) is 12.3. The summed E-state index contributed by atoms with van der Waals surface area (Å²) in [6.45, 7) is 0. The Kier molecular flexibility index (Phi) is 6.84. The van der Waals surface area contributed by atoms with Crippen molar-refractivity contribution in [2.24, 2.45) is 0 Å². The monoisotopic (exact) mass is 612 g/mol. The average molecular weight is 613 g/mol. The fraction of sp³-hybridized carbons (Fsp3) is 0. The standard InChI is InChI=1S/C46H32N2/c1-5-15-33(16-6-1)37-27-38(34-17-7-2-8-18-34)29-42(28-37)48(40-21-11-4-12-22-40)41-26-25-36-31-45-46(35-19-9-3-10-20-35)43-23-13-14-24-44(43)47(45)32-39(36)30-41/h1-32H. The highest BCUT2D eigenvalue weighted by molar-refractivity contribution is 6.08. The van der Waals surface area contributed by atoms with E-state index >= 15 is 0 Å². The molecule has 48 heavy (non-hydrogen) atoms. The maximum Gasteiger partial charge on any atom is 0.0547 e. The Balaban J connectivity index is 1.27. The van der Waals surface area contributed by atoms with E-state index in [9.17, 15) is 0 Å². The highest BCUT2D eigenvalue weighted by Crippen LogP contribution is 2.42. The van der Waals surface area contributed by atoms with E-state index in [1.165, 1.54) is 60.6 Å². The van der Waals surface area contributed by atoms with Gasteiger partial charge in [-0.05, 0) is 87.8 Å². The number of hydrogen-bond acceptors (Lipinski definition) is 1. The van der Waals surface area contributed by atoms with Gasteiger partial charge in [-0.3, -0.25) is 0 Å². The Bertz CT molecular complexity index is 2480. The lowest BCUT2D eigenvalue weighted by Crippen LogP contribution is -2.10. The van der Waals surface area contributed by atoms with Gasteiger partial charge in [-0.25, -0.2) is 0 Å². The summed E-state index contributed by atoms with van der Waals surface area (Å²) in [4.78, 5) is 2.38. The van der Waals surface area contributed by atoms with Crippen LogP contribution < -0.4 is 4.90 Å². The first kappa shape index (κ1) is 27.9. The van der Waals surface area contributed by atoms with Crippen LogP contribution in [-0.4, -0.2) is 4.40 Å². The van der Waals surface area contributed by atoms with Gasteiger partial charge in [0, 0.05) is 39.6 Å². The van der Waals surface area contributed by atoms with Crippen molar-refractivity contribution < 1.29 is 0 Å². The number of anilines is 3. The van der Waals surface area contributed by atoms with Crippen molar-refractivity contribution >= 4 is 44.3 Å². The molecule has 0 aliphatic carbocycles. The molecule has 0 saturated carbocycles. The van der Waals surface area contributed by atoms with Crippen molar-refractivity contribution in [1.29, 1.82) is 0 Å². The quantitative estimate of drug-likeness (QED) is 0.181. The van der Waals surface area contributed by atoms with Crippen LogP contribution >= 0.6 is 0 Å². The van der Waals surface area contributed by atoms with Crippen LogP contribution in [0.1, 0.15) is 0 Å². The molecule has 7 aromatic carbocycles. The number of nitrogens with zero attached hydrogens (tertiary/aromatic N) is 2. The second-order valence-corrected chi connectivity index (χ2v) is 12.3. The van der Waals surface area contributed by atoms with E-state index in [2.05, 4.69) is 204 Å². The SMILES string of the molecule is c1ccc(-c2cc(-c3ccccc3)cc(N(c3ccccc3)c3ccc4cc5c(-c6ccccc6)c6ccccc6n5cc4c3)c2)cc1. The minimum absolute atomic E-state index is 1.11. The first-order valence-corrected chi connectivity index (χ1v) is 16.4. The highest BCUT2D eigenvalue weighted by atomic mass is 15.1. The van der Waals surface area contributed by atoms with E-state index in [0.717, 1.165) is 17.1 Å². The van der Waals surface area contributed by atoms with Gasteiger partial charge in [0.15, 0.2) is 0 Å². The van der Waals surface area contributed by atoms with Crippen molar-refractivity contribution in [1.82, 2.24) is 4.40 Å². The van der Waals surface area contributed by atoms with E-state index in [-0.39, 0.29) is 0 Å². The number of aromatic nitrogens is 1. The molecule has 0 unspecified atom stereocenters. The molecule has 0 saturated heterocycles. The zero-order valence-electron chi connectivity index (χ0n) is 26.4. The number of fused-ring (bicyclic) bond motifs is 4. The van der Waals surface area contributed by atoms with Crippen LogP contribution in [-0.2, 0) is 0 Å². The largest absolute Gasteiger partial charge is 0.315 e. The molecule has 2 heteroatoms. The molecule has 0 atom stereocenters. The van der Waals surface area contributed by atoms with Crippen LogP contribution in [0.5, 0.6) is 0 Å². The molecule has 0 radical (unpaired) electrons. The molecule has 2 heterocycles. The fourth-order valence-electron chi connectivity index (χ4n) is 7.06. The van der Waals surface area contributed by atoms with Crippen molar-refractivity contribution in [2.75, 3.05) is 4.90 Å². The number of para-hydroxylation sites is 2. The third kappa shape index (κ3) is 4.92. The van der Waals surface area contributed by atoms with E-state index < -0.39 is 0 Å². The van der Waals surface area contributed by atoms with Gasteiger partial charge in [-0.2, -0.15) is 0 Å². The second kappa shape index (κ2) is 11.8. The molecule has 0 spiro atoms. The van der Waals surface area contributed by atoms with Gasteiger partial charge in [-0.15, -0.1) is 0 Å². The van der Waals surface area contributed by atoms with E-state index in [0.29, 0.717) is 0 Å². The summed E-state index contributed by atoms with van der Waals surface area (Å²) < 4.78 is 2.36. The molecule has 0 fully saturated rings. The molecule has 9 aromatic rings. The van der Waals surface area contributed by atoms with Gasteiger partial charge < -0.3 is 9.30 Å². The van der Waals surface area contributed by atoms with Crippen LogP contribution in [0.3, 0.4) is 0 Å². The molecule has 2 aromatic heterocycles. The molecule has 0 aliphatic heterocycles. The minimum atomic E-state index is 1.11. The van der Waals surface area contributed by atoms with Crippen LogP contribution in [0.2, 0.25) is 0 Å². The summed E-state index contributed by atoms with van der Waals surface area (Å²) in [6.07, 6.45) is 2.31. The lowest BCUT2D eigenvalue weighted by molar-refractivity contribution is 1.27. The molecule has 0 N–H and O–H groups in total. The summed E-state index contributed by atoms with van der Waals surface area (Å²) in [5, 5.41) is 3.65. The van der Waals surface area contributed by atoms with Gasteiger partial charge in [0.25, 0.3) is 0 Å². The third-order valence-corrected chi connectivity index (χ3v) is 9.30. The highest BCUT2D eigenvalue weighted by Gasteiger charge is 2.18. The predicted molar refractivity (Wildman–Crippen MR) is 203 cm³/mol. The molecule has 2 nitrogen and oxygen atoms in total. The molecular weight excluding hydrogens is 581 g/mol. The zero-order valence-corrected chi connectivity index (χ0v) is 26.4. The number of hydrogen-bond donors (Lipinski definition) is 0. The molecule has 226 valence electrons. The van der Waals surface area contributed by atoms with Crippen LogP contribution in [0, 0.1) is 0 Å². The molecule has 9 rings (SSSR count). The number of benzene rings is 7. The summed E-state index contributed by atoms with van der Waals surface area (Å²) in [6, 6.07) is 67.6. The maximum atomic E-state index is 2.38. The Hall–Kier alpha value is -6.38. The Morgan fingerprint density at radius 3 is 1.54 bits per heavy atom. The fourth-order valence-corrected chi connectivity index (χ4v) is 7.06. The van der Waals surface area contributed by atoms with Crippen molar-refractivity contribution in [3.05, 3.63) is 194 Å². The van der Waals surface area contributed by atoms with Gasteiger partial charge >= 0.3 is 0 Å². The first-order valence-electron chi connectivity index (χ1n) is 16.4. The molecule has 0 amide bonds. The Morgan fingerprint density at radius 2 is 0.896 bits per heavy atom. The predicted octanol–water partition coefficient (Wildman–Crippen LogP) is 12.7. The summed E-state index contributed by atoms with van der Waals surface area (Å²) in [5.74, 6) is 0. The van der Waals surface area contributed by atoms with Crippen molar-refractivity contribution in [2.45, 2.75) is 0 Å². The van der Waals surface area contributed by atoms with Crippen molar-refractivity contribution in [3.63, 3.8) is 0 Å². The summed E-state index contributed by atoms with van der Waals surface area (Å²) >= 11 is 0. The molecular formula is C46H32N2. The minimum Gasteiger partial charge on any atom is -0.315 e. The molecule has 0 aliphatic rings. The lowest BCUT2D eigenvalue weighted by Gasteiger charge is -2.27. The summed E-state index contributed by atoms with van der Waals surface area (Å²) in [7, 11) is 0.